The van der Waals surface area contributed by atoms with Crippen LogP contribution in [0.1, 0.15) is 26.3 Å². The molecule has 0 saturated carbocycles. The number of esters is 1. The maximum Gasteiger partial charge on any atom is 0.342 e. The summed E-state index contributed by atoms with van der Waals surface area (Å²) in [5, 5.41) is 0.641. The zero-order chi connectivity index (χ0) is 19.9. The Balaban J connectivity index is 1.64. The fourth-order valence-electron chi connectivity index (χ4n) is 2.48. The number of Topliss-reactive ketones (excluding diaryl/α,β-unsaturated/α-hetero) is 1. The van der Waals surface area contributed by atoms with Crippen molar-refractivity contribution in [2.24, 2.45) is 0 Å². The first-order valence-electron chi connectivity index (χ1n) is 8.45. The third-order valence-electron chi connectivity index (χ3n) is 3.92. The second-order valence-corrected chi connectivity index (χ2v) is 7.18. The van der Waals surface area contributed by atoms with Crippen LogP contribution in [0.2, 0.25) is 5.02 Å². The molecule has 4 nitrogen and oxygen atoms in total. The minimum Gasteiger partial charge on any atom is -0.488 e. The first kappa shape index (κ1) is 20.1. The van der Waals surface area contributed by atoms with E-state index in [9.17, 15) is 9.59 Å². The number of halogens is 2. The summed E-state index contributed by atoms with van der Waals surface area (Å²) in [4.78, 5) is 24.7. The molecule has 3 aromatic rings. The van der Waals surface area contributed by atoms with Crippen LogP contribution in [-0.4, -0.2) is 18.4 Å². The Kier molecular flexibility index (Phi) is 6.85. The molecule has 0 radical (unpaired) electrons. The predicted molar refractivity (Wildman–Crippen MR) is 111 cm³/mol. The first-order chi connectivity index (χ1) is 13.5. The summed E-state index contributed by atoms with van der Waals surface area (Å²) in [6.45, 7) is -0.0790. The summed E-state index contributed by atoms with van der Waals surface area (Å²) in [5.74, 6) is -0.525. The predicted octanol–water partition coefficient (Wildman–Crippen LogP) is 5.72. The van der Waals surface area contributed by atoms with Gasteiger partial charge in [-0.25, -0.2) is 4.79 Å². The van der Waals surface area contributed by atoms with Crippen LogP contribution in [0, 0.1) is 0 Å². The van der Waals surface area contributed by atoms with Crippen molar-refractivity contribution >= 4 is 39.3 Å². The number of para-hydroxylation sites is 1. The zero-order valence-corrected chi connectivity index (χ0v) is 17.1. The molecular weight excluding hydrogens is 444 g/mol. The molecule has 0 atom stereocenters. The fraction of sp³-hybridized carbons (Fsp3) is 0.0909. The molecule has 0 aromatic heterocycles. The Morgan fingerprint density at radius 1 is 0.857 bits per heavy atom. The highest BCUT2D eigenvalue weighted by Gasteiger charge is 2.17. The van der Waals surface area contributed by atoms with Gasteiger partial charge in [-0.2, -0.15) is 0 Å². The van der Waals surface area contributed by atoms with Gasteiger partial charge in [0.1, 0.15) is 17.9 Å². The molecule has 0 fully saturated rings. The molecular formula is C22H16BrClO4. The number of rotatable bonds is 7. The van der Waals surface area contributed by atoms with E-state index >= 15 is 0 Å². The normalized spacial score (nSPS) is 10.4. The van der Waals surface area contributed by atoms with Crippen molar-refractivity contribution < 1.29 is 19.1 Å². The quantitative estimate of drug-likeness (QED) is 0.335. The van der Waals surface area contributed by atoms with Crippen molar-refractivity contribution in [3.63, 3.8) is 0 Å². The fourth-order valence-corrected chi connectivity index (χ4v) is 3.11. The van der Waals surface area contributed by atoms with E-state index in [2.05, 4.69) is 15.9 Å². The Morgan fingerprint density at radius 3 is 2.21 bits per heavy atom. The summed E-state index contributed by atoms with van der Waals surface area (Å²) < 4.78 is 11.6. The largest absolute Gasteiger partial charge is 0.488 e. The Hall–Kier alpha value is -2.63. The van der Waals surface area contributed by atoms with Crippen LogP contribution in [0.4, 0.5) is 0 Å². The second kappa shape index (κ2) is 9.53. The Morgan fingerprint density at radius 2 is 1.50 bits per heavy atom. The van der Waals surface area contributed by atoms with Gasteiger partial charge in [0.15, 0.2) is 6.61 Å². The van der Waals surface area contributed by atoms with Gasteiger partial charge in [-0.3, -0.25) is 4.79 Å². The van der Waals surface area contributed by atoms with Crippen molar-refractivity contribution in [3.05, 3.63) is 99.0 Å². The molecule has 142 valence electrons. The van der Waals surface area contributed by atoms with Crippen molar-refractivity contribution in [2.75, 3.05) is 6.61 Å². The van der Waals surface area contributed by atoms with Crippen molar-refractivity contribution in [2.45, 2.75) is 6.61 Å². The van der Waals surface area contributed by atoms with Crippen LogP contribution in [0.3, 0.4) is 0 Å². The number of ether oxygens (including phenoxy) is 2. The third-order valence-corrected chi connectivity index (χ3v) is 4.87. The molecule has 3 aromatic carbocycles. The van der Waals surface area contributed by atoms with Crippen LogP contribution >= 0.6 is 27.5 Å². The van der Waals surface area contributed by atoms with Gasteiger partial charge in [0.2, 0.25) is 5.78 Å². The average molecular weight is 460 g/mol. The molecule has 0 heterocycles. The molecule has 0 aliphatic heterocycles. The average Bonchev–Trinajstić information content (AvgIpc) is 2.72. The molecule has 0 amide bonds. The molecule has 0 N–H and O–H groups in total. The lowest BCUT2D eigenvalue weighted by Gasteiger charge is -2.11. The minimum absolute atomic E-state index is 0.261. The Labute approximate surface area is 176 Å². The van der Waals surface area contributed by atoms with Crippen molar-refractivity contribution in [3.8, 4) is 5.75 Å². The first-order valence-corrected chi connectivity index (χ1v) is 9.63. The highest BCUT2D eigenvalue weighted by atomic mass is 79.9. The van der Waals surface area contributed by atoms with Gasteiger partial charge in [-0.15, -0.1) is 0 Å². The standard InChI is InChI=1S/C22H16BrClO4/c23-19-7-3-1-5-17(19)20(25)14-28-22(26)18-6-2-4-8-21(18)27-13-15-9-11-16(24)12-10-15/h1-12H,13-14H2. The van der Waals surface area contributed by atoms with Crippen molar-refractivity contribution in [1.29, 1.82) is 0 Å². The lowest BCUT2D eigenvalue weighted by molar-refractivity contribution is 0.0470. The number of carbonyl (C=O) groups excluding carboxylic acids is 2. The molecule has 3 rings (SSSR count). The van der Waals surface area contributed by atoms with Crippen LogP contribution in [-0.2, 0) is 11.3 Å². The highest BCUT2D eigenvalue weighted by molar-refractivity contribution is 9.10. The van der Waals surface area contributed by atoms with Gasteiger partial charge < -0.3 is 9.47 Å². The van der Waals surface area contributed by atoms with Gasteiger partial charge >= 0.3 is 5.97 Å². The van der Waals surface area contributed by atoms with Gasteiger partial charge in [0.25, 0.3) is 0 Å². The topological polar surface area (TPSA) is 52.6 Å². The van der Waals surface area contributed by atoms with E-state index in [4.69, 9.17) is 21.1 Å². The van der Waals surface area contributed by atoms with Crippen LogP contribution in [0.25, 0.3) is 0 Å². The number of hydrogen-bond donors (Lipinski definition) is 0. The number of benzene rings is 3. The Bertz CT molecular complexity index is 986. The summed E-state index contributed by atoms with van der Waals surface area (Å²) in [6, 6.07) is 21.0. The molecule has 6 heteroatoms. The lowest BCUT2D eigenvalue weighted by Crippen LogP contribution is -2.15. The lowest BCUT2D eigenvalue weighted by atomic mass is 10.1. The smallest absolute Gasteiger partial charge is 0.342 e. The van der Waals surface area contributed by atoms with Crippen LogP contribution in [0.5, 0.6) is 5.75 Å². The second-order valence-electron chi connectivity index (χ2n) is 5.89. The monoisotopic (exact) mass is 458 g/mol. The van der Waals surface area contributed by atoms with E-state index < -0.39 is 5.97 Å². The van der Waals surface area contributed by atoms with Crippen LogP contribution < -0.4 is 4.74 Å². The van der Waals surface area contributed by atoms with E-state index in [1.165, 1.54) is 0 Å². The van der Waals surface area contributed by atoms with E-state index in [-0.39, 0.29) is 24.6 Å². The zero-order valence-electron chi connectivity index (χ0n) is 14.7. The molecule has 0 aliphatic carbocycles. The van der Waals surface area contributed by atoms with Crippen LogP contribution in [0.15, 0.2) is 77.3 Å². The maximum atomic E-state index is 12.5. The number of hydrogen-bond acceptors (Lipinski definition) is 4. The van der Waals surface area contributed by atoms with E-state index in [0.717, 1.165) is 5.56 Å². The van der Waals surface area contributed by atoms with E-state index in [1.54, 1.807) is 60.7 Å². The summed E-state index contributed by atoms with van der Waals surface area (Å²) in [7, 11) is 0. The third kappa shape index (κ3) is 5.21. The molecule has 0 bridgehead atoms. The summed E-state index contributed by atoms with van der Waals surface area (Å²) in [5.41, 5.74) is 1.63. The molecule has 0 spiro atoms. The molecule has 0 saturated heterocycles. The summed E-state index contributed by atoms with van der Waals surface area (Å²) in [6.07, 6.45) is 0. The van der Waals surface area contributed by atoms with Crippen molar-refractivity contribution in [1.82, 2.24) is 0 Å². The number of carbonyl (C=O) groups is 2. The van der Waals surface area contributed by atoms with Gasteiger partial charge in [0, 0.05) is 15.1 Å². The molecule has 0 aliphatic rings. The highest BCUT2D eigenvalue weighted by Crippen LogP contribution is 2.22. The van der Waals surface area contributed by atoms with Gasteiger partial charge in [-0.05, 0) is 35.9 Å². The molecule has 0 unspecified atom stereocenters. The van der Waals surface area contributed by atoms with E-state index in [1.807, 2.05) is 12.1 Å². The van der Waals surface area contributed by atoms with Gasteiger partial charge in [-0.1, -0.05) is 70.0 Å². The maximum absolute atomic E-state index is 12.5. The minimum atomic E-state index is -0.618. The van der Waals surface area contributed by atoms with E-state index in [0.29, 0.717) is 20.8 Å². The summed E-state index contributed by atoms with van der Waals surface area (Å²) >= 11 is 9.20. The SMILES string of the molecule is O=C(COC(=O)c1ccccc1OCc1ccc(Cl)cc1)c1ccccc1Br. The number of ketones is 1. The van der Waals surface area contributed by atoms with Gasteiger partial charge in [0.05, 0.1) is 0 Å². The molecule has 28 heavy (non-hydrogen) atoms.